The molecule has 0 atom stereocenters. The van der Waals surface area contributed by atoms with Gasteiger partial charge in [0.1, 0.15) is 0 Å². The summed E-state index contributed by atoms with van der Waals surface area (Å²) >= 11 is 0. The lowest BCUT2D eigenvalue weighted by Crippen LogP contribution is -2.26. The standard InChI is InChI=1S/C54H38N2Si/c1-4-12-37(13-5-1)39-20-26-43(27-21-39)55-51-19-11-10-18-47(51)48-34-41(24-31-52(48)55)42-25-32-53-49(35-42)50-36-46(57-45-16-8-3-9-17-45)30-33-54(50)56(53)44-28-22-40(23-29-44)38-14-6-2-7-15-38/h1-36H,57H2. The Morgan fingerprint density at radius 1 is 0.246 bits per heavy atom. The summed E-state index contributed by atoms with van der Waals surface area (Å²) in [5.41, 5.74) is 14.5. The molecule has 0 aliphatic heterocycles. The number of hydrogen-bond acceptors (Lipinski definition) is 0. The number of rotatable bonds is 7. The van der Waals surface area contributed by atoms with Crippen LogP contribution in [0.15, 0.2) is 218 Å². The molecule has 2 aromatic heterocycles. The first kappa shape index (κ1) is 33.2. The second kappa shape index (κ2) is 13.8. The molecule has 0 saturated heterocycles. The van der Waals surface area contributed by atoms with Gasteiger partial charge in [-0.05, 0) is 94.0 Å². The molecule has 11 rings (SSSR count). The smallest absolute Gasteiger partial charge is 0.0875 e. The Hall–Kier alpha value is -7.20. The SMILES string of the molecule is c1ccc([SiH2]c2ccc3c(c2)c2cc(-c4ccc5c(c4)c4ccccc4n5-c4ccc(-c5ccccc5)cc4)ccc2n3-c2ccc(-c3ccccc3)cc2)cc1. The van der Waals surface area contributed by atoms with Gasteiger partial charge in [0.15, 0.2) is 0 Å². The van der Waals surface area contributed by atoms with Crippen molar-refractivity contribution in [2.45, 2.75) is 0 Å². The number of benzene rings is 9. The van der Waals surface area contributed by atoms with Crippen molar-refractivity contribution in [1.29, 1.82) is 0 Å². The zero-order valence-corrected chi connectivity index (χ0v) is 32.8. The van der Waals surface area contributed by atoms with Gasteiger partial charge in [-0.15, -0.1) is 0 Å². The highest BCUT2D eigenvalue weighted by atomic mass is 28.2. The van der Waals surface area contributed by atoms with Crippen molar-refractivity contribution in [3.05, 3.63) is 218 Å². The van der Waals surface area contributed by atoms with Crippen LogP contribution in [0.5, 0.6) is 0 Å². The Kier molecular flexibility index (Phi) is 8.04. The maximum absolute atomic E-state index is 2.47. The van der Waals surface area contributed by atoms with Crippen LogP contribution >= 0.6 is 0 Å². The van der Waals surface area contributed by atoms with Crippen LogP contribution in [-0.4, -0.2) is 18.7 Å². The Morgan fingerprint density at radius 2 is 0.632 bits per heavy atom. The summed E-state index contributed by atoms with van der Waals surface area (Å²) in [5, 5.41) is 8.00. The first-order valence-corrected chi connectivity index (χ1v) is 21.1. The normalized spacial score (nSPS) is 11.8. The topological polar surface area (TPSA) is 9.86 Å². The molecule has 0 saturated carbocycles. The average Bonchev–Trinajstić information content (AvgIpc) is 3.79. The van der Waals surface area contributed by atoms with Crippen molar-refractivity contribution in [3.63, 3.8) is 0 Å². The van der Waals surface area contributed by atoms with Crippen molar-refractivity contribution in [3.8, 4) is 44.8 Å². The molecular formula is C54H38N2Si. The van der Waals surface area contributed by atoms with E-state index in [2.05, 4.69) is 228 Å². The lowest BCUT2D eigenvalue weighted by Gasteiger charge is -2.11. The van der Waals surface area contributed by atoms with Crippen LogP contribution < -0.4 is 10.4 Å². The monoisotopic (exact) mass is 742 g/mol. The first-order valence-electron chi connectivity index (χ1n) is 19.7. The average molecular weight is 743 g/mol. The van der Waals surface area contributed by atoms with Crippen molar-refractivity contribution >= 4 is 63.5 Å². The highest BCUT2D eigenvalue weighted by Crippen LogP contribution is 2.38. The number of nitrogens with zero attached hydrogens (tertiary/aromatic N) is 2. The predicted molar refractivity (Wildman–Crippen MR) is 246 cm³/mol. The minimum Gasteiger partial charge on any atom is -0.309 e. The third-order valence-electron chi connectivity index (χ3n) is 11.6. The molecule has 0 N–H and O–H groups in total. The first-order chi connectivity index (χ1) is 28.2. The quantitative estimate of drug-likeness (QED) is 0.144. The summed E-state index contributed by atoms with van der Waals surface area (Å²) in [7, 11) is -0.629. The highest BCUT2D eigenvalue weighted by Gasteiger charge is 2.17. The third-order valence-corrected chi connectivity index (χ3v) is 13.3. The van der Waals surface area contributed by atoms with Gasteiger partial charge in [-0.1, -0.05) is 168 Å². The van der Waals surface area contributed by atoms with Crippen molar-refractivity contribution in [1.82, 2.24) is 9.13 Å². The van der Waals surface area contributed by atoms with E-state index in [9.17, 15) is 0 Å². The Bertz CT molecular complexity index is 3220. The fraction of sp³-hybridized carbons (Fsp3) is 0. The second-order valence-corrected chi connectivity index (χ2v) is 17.0. The van der Waals surface area contributed by atoms with E-state index in [0.717, 1.165) is 5.69 Å². The maximum Gasteiger partial charge on any atom is 0.0875 e. The molecule has 57 heavy (non-hydrogen) atoms. The number of para-hydroxylation sites is 1. The Morgan fingerprint density at radius 3 is 1.18 bits per heavy atom. The molecule has 0 aliphatic rings. The van der Waals surface area contributed by atoms with E-state index in [4.69, 9.17) is 0 Å². The molecule has 3 heteroatoms. The third kappa shape index (κ3) is 5.88. The zero-order chi connectivity index (χ0) is 37.7. The van der Waals surface area contributed by atoms with E-state index >= 15 is 0 Å². The van der Waals surface area contributed by atoms with E-state index in [-0.39, 0.29) is 0 Å². The number of aromatic nitrogens is 2. The van der Waals surface area contributed by atoms with E-state index in [1.165, 1.54) is 93.1 Å². The molecule has 2 nitrogen and oxygen atoms in total. The van der Waals surface area contributed by atoms with Crippen LogP contribution in [0.1, 0.15) is 0 Å². The van der Waals surface area contributed by atoms with Gasteiger partial charge in [-0.25, -0.2) is 0 Å². The van der Waals surface area contributed by atoms with Gasteiger partial charge in [0.2, 0.25) is 0 Å². The van der Waals surface area contributed by atoms with Crippen LogP contribution in [0.25, 0.3) is 88.4 Å². The summed E-state index contributed by atoms with van der Waals surface area (Å²) in [6.07, 6.45) is 0. The lowest BCUT2D eigenvalue weighted by molar-refractivity contribution is 1.18. The van der Waals surface area contributed by atoms with Crippen LogP contribution in [0, 0.1) is 0 Å². The Balaban J connectivity index is 1.04. The Labute approximate surface area is 334 Å². The fourth-order valence-corrected chi connectivity index (χ4v) is 10.3. The van der Waals surface area contributed by atoms with E-state index in [0.29, 0.717) is 0 Å². The minimum absolute atomic E-state index is 0.629. The fourth-order valence-electron chi connectivity index (χ4n) is 8.77. The summed E-state index contributed by atoms with van der Waals surface area (Å²) < 4.78 is 4.85. The van der Waals surface area contributed by atoms with E-state index in [1.54, 1.807) is 0 Å². The molecule has 0 unspecified atom stereocenters. The van der Waals surface area contributed by atoms with Gasteiger partial charge < -0.3 is 9.13 Å². The number of fused-ring (bicyclic) bond motifs is 6. The molecule has 11 aromatic rings. The molecule has 0 bridgehead atoms. The van der Waals surface area contributed by atoms with Crippen molar-refractivity contribution in [2.75, 3.05) is 0 Å². The van der Waals surface area contributed by atoms with Crippen LogP contribution in [0.3, 0.4) is 0 Å². The van der Waals surface area contributed by atoms with Crippen molar-refractivity contribution in [2.24, 2.45) is 0 Å². The maximum atomic E-state index is 2.47. The van der Waals surface area contributed by atoms with Gasteiger partial charge in [0.25, 0.3) is 0 Å². The molecule has 0 aliphatic carbocycles. The molecule has 0 radical (unpaired) electrons. The summed E-state index contributed by atoms with van der Waals surface area (Å²) in [6, 6.07) is 80.2. The molecule has 9 aromatic carbocycles. The number of hydrogen-bond donors (Lipinski definition) is 0. The van der Waals surface area contributed by atoms with Gasteiger partial charge in [0, 0.05) is 32.9 Å². The predicted octanol–water partition coefficient (Wildman–Crippen LogP) is 12.0. The van der Waals surface area contributed by atoms with Gasteiger partial charge in [0.05, 0.1) is 31.6 Å². The van der Waals surface area contributed by atoms with Crippen LogP contribution in [-0.2, 0) is 0 Å². The second-order valence-electron chi connectivity index (χ2n) is 15.0. The molecular weight excluding hydrogens is 705 g/mol. The summed E-state index contributed by atoms with van der Waals surface area (Å²) in [5.74, 6) is 0. The summed E-state index contributed by atoms with van der Waals surface area (Å²) in [4.78, 5) is 0. The lowest BCUT2D eigenvalue weighted by atomic mass is 10.0. The highest BCUT2D eigenvalue weighted by molar-refractivity contribution is 6.67. The minimum atomic E-state index is -0.629. The molecule has 0 amide bonds. The van der Waals surface area contributed by atoms with Crippen LogP contribution in [0.2, 0.25) is 0 Å². The molecule has 268 valence electrons. The van der Waals surface area contributed by atoms with Gasteiger partial charge >= 0.3 is 0 Å². The largest absolute Gasteiger partial charge is 0.309 e. The van der Waals surface area contributed by atoms with E-state index in [1.807, 2.05) is 0 Å². The van der Waals surface area contributed by atoms with Gasteiger partial charge in [-0.3, -0.25) is 0 Å². The van der Waals surface area contributed by atoms with E-state index < -0.39 is 9.52 Å². The van der Waals surface area contributed by atoms with Crippen LogP contribution in [0.4, 0.5) is 0 Å². The van der Waals surface area contributed by atoms with Crippen molar-refractivity contribution < 1.29 is 0 Å². The molecule has 2 heterocycles. The molecule has 0 spiro atoms. The molecule has 0 fully saturated rings. The summed E-state index contributed by atoms with van der Waals surface area (Å²) in [6.45, 7) is 0. The zero-order valence-electron chi connectivity index (χ0n) is 31.4. The van der Waals surface area contributed by atoms with Gasteiger partial charge in [-0.2, -0.15) is 0 Å².